The first-order chi connectivity index (χ1) is 5.34. The molecule has 0 N–H and O–H groups in total. The summed E-state index contributed by atoms with van der Waals surface area (Å²) >= 11 is 0. The summed E-state index contributed by atoms with van der Waals surface area (Å²) < 4.78 is 0. The molecule has 0 saturated carbocycles. The molecule has 0 amide bonds. The highest BCUT2D eigenvalue weighted by molar-refractivity contribution is 5.90. The summed E-state index contributed by atoms with van der Waals surface area (Å²) in [5, 5.41) is 1.98. The van der Waals surface area contributed by atoms with E-state index in [-0.39, 0.29) is 0 Å². The Labute approximate surface area is 65.6 Å². The van der Waals surface area contributed by atoms with Crippen LogP contribution in [0.5, 0.6) is 0 Å². The van der Waals surface area contributed by atoms with Gasteiger partial charge in [-0.3, -0.25) is 9.98 Å². The van der Waals surface area contributed by atoms with Crippen molar-refractivity contribution in [2.75, 3.05) is 7.05 Å². The predicted molar refractivity (Wildman–Crippen MR) is 47.9 cm³/mol. The highest BCUT2D eigenvalue weighted by atomic mass is 14.6. The van der Waals surface area contributed by atoms with Crippen molar-refractivity contribution >= 4 is 18.9 Å². The molecule has 0 spiro atoms. The van der Waals surface area contributed by atoms with Gasteiger partial charge in [0.05, 0.1) is 0 Å². The maximum Gasteiger partial charge on any atom is 0.0340 e. The molecule has 2 nitrogen and oxygen atoms in total. The summed E-state index contributed by atoms with van der Waals surface area (Å²) in [5.74, 6) is 0. The molecule has 1 aromatic rings. The largest absolute Gasteiger partial charge is 0.296 e. The molecule has 1 rings (SSSR count). The first-order valence-corrected chi connectivity index (χ1v) is 3.36. The fourth-order valence-corrected chi connectivity index (χ4v) is 0.755. The number of aliphatic imine (C=N–C) groups is 1. The van der Waals surface area contributed by atoms with Crippen LogP contribution < -0.4 is 10.4 Å². The second kappa shape index (κ2) is 3.66. The third-order valence-electron chi connectivity index (χ3n) is 1.34. The van der Waals surface area contributed by atoms with E-state index in [0.717, 1.165) is 10.4 Å². The van der Waals surface area contributed by atoms with E-state index in [2.05, 4.69) is 16.6 Å². The summed E-state index contributed by atoms with van der Waals surface area (Å²) in [6.07, 6.45) is 7.12. The van der Waals surface area contributed by atoms with E-state index in [0.29, 0.717) is 0 Å². The topological polar surface area (TPSA) is 25.2 Å². The lowest BCUT2D eigenvalue weighted by Crippen LogP contribution is -2.22. The Balaban J connectivity index is 3.24. The molecule has 1 aromatic heterocycles. The fraction of sp³-hybridized carbons (Fsp3) is 0.111. The van der Waals surface area contributed by atoms with Gasteiger partial charge < -0.3 is 0 Å². The van der Waals surface area contributed by atoms with Gasteiger partial charge in [0, 0.05) is 25.7 Å². The standard InChI is InChI=1S/C9H10N2/c1-8-7-11-6-4-9(8)3-5-10-2/h3-7H,1H2,2H3/b9-3-,10-5?. The Kier molecular flexibility index (Phi) is 2.55. The Hall–Kier alpha value is -1.44. The van der Waals surface area contributed by atoms with Crippen molar-refractivity contribution in [2.45, 2.75) is 0 Å². The van der Waals surface area contributed by atoms with Crippen molar-refractivity contribution in [3.63, 3.8) is 0 Å². The molecule has 2 heteroatoms. The molecule has 1 heterocycles. The SMILES string of the molecule is C=c1cncc/c1=C/C=NC. The molecule has 0 radical (unpaired) electrons. The van der Waals surface area contributed by atoms with Crippen LogP contribution in [0, 0.1) is 0 Å². The minimum atomic E-state index is 0.924. The Morgan fingerprint density at radius 1 is 1.64 bits per heavy atom. The van der Waals surface area contributed by atoms with E-state index in [9.17, 15) is 0 Å². The molecular weight excluding hydrogens is 136 g/mol. The molecule has 11 heavy (non-hydrogen) atoms. The number of hydrogen-bond acceptors (Lipinski definition) is 2. The first kappa shape index (κ1) is 7.66. The average molecular weight is 146 g/mol. The van der Waals surface area contributed by atoms with Crippen molar-refractivity contribution in [1.82, 2.24) is 4.98 Å². The molecule has 56 valence electrons. The van der Waals surface area contributed by atoms with Crippen LogP contribution in [-0.2, 0) is 0 Å². The summed E-state index contributed by atoms with van der Waals surface area (Å²) in [6.45, 7) is 3.82. The molecule has 0 aliphatic rings. The molecule has 0 fully saturated rings. The Morgan fingerprint density at radius 3 is 3.09 bits per heavy atom. The van der Waals surface area contributed by atoms with Crippen LogP contribution in [-0.4, -0.2) is 18.2 Å². The van der Waals surface area contributed by atoms with Gasteiger partial charge in [-0.25, -0.2) is 0 Å². The maximum absolute atomic E-state index is 3.93. The zero-order chi connectivity index (χ0) is 8.10. The van der Waals surface area contributed by atoms with Crippen molar-refractivity contribution < 1.29 is 0 Å². The van der Waals surface area contributed by atoms with Gasteiger partial charge in [0.15, 0.2) is 0 Å². The fourth-order valence-electron chi connectivity index (χ4n) is 0.755. The van der Waals surface area contributed by atoms with E-state index >= 15 is 0 Å². The predicted octanol–water partition coefficient (Wildman–Crippen LogP) is -0.0270. The van der Waals surface area contributed by atoms with E-state index in [4.69, 9.17) is 0 Å². The molecule has 0 bridgehead atoms. The lowest BCUT2D eigenvalue weighted by atomic mass is 10.3. The smallest absolute Gasteiger partial charge is 0.0340 e. The minimum Gasteiger partial charge on any atom is -0.296 e. The third kappa shape index (κ3) is 2.00. The quantitative estimate of drug-likeness (QED) is 0.511. The molecular formula is C9H10N2. The highest BCUT2D eigenvalue weighted by Gasteiger charge is 1.77. The molecule has 0 unspecified atom stereocenters. The number of pyridine rings is 1. The van der Waals surface area contributed by atoms with E-state index in [1.165, 1.54) is 0 Å². The van der Waals surface area contributed by atoms with Crippen molar-refractivity contribution in [3.05, 3.63) is 28.9 Å². The van der Waals surface area contributed by atoms with E-state index in [1.54, 1.807) is 25.7 Å². The second-order valence-electron chi connectivity index (χ2n) is 2.15. The van der Waals surface area contributed by atoms with Gasteiger partial charge in [-0.2, -0.15) is 0 Å². The molecule has 0 atom stereocenters. The highest BCUT2D eigenvalue weighted by Crippen LogP contribution is 1.62. The number of nitrogens with zero attached hydrogens (tertiary/aromatic N) is 2. The van der Waals surface area contributed by atoms with Crippen molar-refractivity contribution in [1.29, 1.82) is 0 Å². The lowest BCUT2D eigenvalue weighted by molar-refractivity contribution is 1.28. The maximum atomic E-state index is 3.93. The number of hydrogen-bond donors (Lipinski definition) is 0. The molecule has 0 aliphatic carbocycles. The first-order valence-electron chi connectivity index (χ1n) is 3.36. The normalized spacial score (nSPS) is 12.6. The Bertz CT molecular complexity index is 352. The Morgan fingerprint density at radius 2 is 2.45 bits per heavy atom. The van der Waals surface area contributed by atoms with Gasteiger partial charge in [-0.15, -0.1) is 0 Å². The second-order valence-corrected chi connectivity index (χ2v) is 2.15. The summed E-state index contributed by atoms with van der Waals surface area (Å²) in [5.41, 5.74) is 0. The summed E-state index contributed by atoms with van der Waals surface area (Å²) in [4.78, 5) is 7.77. The van der Waals surface area contributed by atoms with Crippen LogP contribution in [0.2, 0.25) is 0 Å². The molecule has 0 aliphatic heterocycles. The van der Waals surface area contributed by atoms with Gasteiger partial charge in [-0.1, -0.05) is 6.58 Å². The van der Waals surface area contributed by atoms with Gasteiger partial charge in [0.1, 0.15) is 0 Å². The number of rotatable bonds is 1. The van der Waals surface area contributed by atoms with Crippen LogP contribution in [0.4, 0.5) is 0 Å². The van der Waals surface area contributed by atoms with Crippen LogP contribution >= 0.6 is 0 Å². The van der Waals surface area contributed by atoms with Crippen LogP contribution in [0.25, 0.3) is 12.7 Å². The zero-order valence-electron chi connectivity index (χ0n) is 6.49. The monoisotopic (exact) mass is 146 g/mol. The summed E-state index contributed by atoms with van der Waals surface area (Å²) in [7, 11) is 1.74. The van der Waals surface area contributed by atoms with E-state index in [1.807, 2.05) is 12.1 Å². The van der Waals surface area contributed by atoms with Crippen molar-refractivity contribution in [2.24, 2.45) is 4.99 Å². The van der Waals surface area contributed by atoms with Crippen molar-refractivity contribution in [3.8, 4) is 0 Å². The van der Waals surface area contributed by atoms with Gasteiger partial charge in [0.25, 0.3) is 0 Å². The van der Waals surface area contributed by atoms with Crippen LogP contribution in [0.1, 0.15) is 0 Å². The molecule has 0 aromatic carbocycles. The van der Waals surface area contributed by atoms with E-state index < -0.39 is 0 Å². The third-order valence-corrected chi connectivity index (χ3v) is 1.34. The van der Waals surface area contributed by atoms with Gasteiger partial charge >= 0.3 is 0 Å². The lowest BCUT2D eigenvalue weighted by Gasteiger charge is -1.83. The molecule has 0 saturated heterocycles. The summed E-state index contributed by atoms with van der Waals surface area (Å²) in [6, 6.07) is 1.91. The van der Waals surface area contributed by atoms with Crippen LogP contribution in [0.15, 0.2) is 23.5 Å². The average Bonchev–Trinajstić information content (AvgIpc) is 2.03. The van der Waals surface area contributed by atoms with Gasteiger partial charge in [0.2, 0.25) is 0 Å². The number of aromatic nitrogens is 1. The minimum absolute atomic E-state index is 0.924. The van der Waals surface area contributed by atoms with Gasteiger partial charge in [-0.05, 0) is 22.6 Å². The zero-order valence-corrected chi connectivity index (χ0v) is 6.49. The van der Waals surface area contributed by atoms with Crippen LogP contribution in [0.3, 0.4) is 0 Å².